The molecule has 3 unspecified atom stereocenters. The summed E-state index contributed by atoms with van der Waals surface area (Å²) >= 11 is 0. The molecular weight excluding hydrogens is 271 g/mol. The average molecular weight is 291 g/mol. The number of aryl methyl sites for hydroxylation is 1. The van der Waals surface area contributed by atoms with Gasteiger partial charge in [0, 0.05) is 7.05 Å². The zero-order chi connectivity index (χ0) is 14.9. The number of hydrogen-bond acceptors (Lipinski definition) is 3. The van der Waals surface area contributed by atoms with Gasteiger partial charge in [0.15, 0.2) is 5.75 Å². The predicted octanol–water partition coefficient (Wildman–Crippen LogP) is 2.80. The number of rotatable bonds is 3. The number of halogens is 3. The van der Waals surface area contributed by atoms with Crippen LogP contribution in [-0.4, -0.2) is 23.1 Å². The van der Waals surface area contributed by atoms with Crippen molar-refractivity contribution in [3.8, 4) is 5.75 Å². The largest absolute Gasteiger partial charge is 0.493 e. The minimum atomic E-state index is -4.13. The Labute approximate surface area is 116 Å². The van der Waals surface area contributed by atoms with E-state index in [0.29, 0.717) is 24.3 Å². The fourth-order valence-corrected chi connectivity index (χ4v) is 3.04. The predicted molar refractivity (Wildman–Crippen MR) is 68.2 cm³/mol. The van der Waals surface area contributed by atoms with Crippen LogP contribution in [0.3, 0.4) is 0 Å². The number of nitrogens with two attached hydrogens (primary N) is 1. The van der Waals surface area contributed by atoms with E-state index in [0.717, 1.165) is 0 Å². The Morgan fingerprint density at radius 3 is 2.75 bits per heavy atom. The Morgan fingerprint density at radius 2 is 2.15 bits per heavy atom. The van der Waals surface area contributed by atoms with E-state index in [1.165, 1.54) is 7.11 Å². The summed E-state index contributed by atoms with van der Waals surface area (Å²) in [7, 11) is 3.23. The second-order valence-corrected chi connectivity index (χ2v) is 5.41. The van der Waals surface area contributed by atoms with E-state index < -0.39 is 18.1 Å². The molecule has 1 heterocycles. The van der Waals surface area contributed by atoms with Crippen LogP contribution < -0.4 is 10.5 Å². The first-order valence-corrected chi connectivity index (χ1v) is 6.72. The summed E-state index contributed by atoms with van der Waals surface area (Å²) in [5, 5.41) is 4.06. The lowest BCUT2D eigenvalue weighted by molar-refractivity contribution is -0.186. The van der Waals surface area contributed by atoms with E-state index in [9.17, 15) is 13.2 Å². The van der Waals surface area contributed by atoms with Crippen LogP contribution in [0, 0.1) is 11.8 Å². The molecule has 0 saturated heterocycles. The van der Waals surface area contributed by atoms with Crippen molar-refractivity contribution < 1.29 is 17.9 Å². The van der Waals surface area contributed by atoms with Crippen LogP contribution in [0.15, 0.2) is 6.20 Å². The zero-order valence-corrected chi connectivity index (χ0v) is 11.7. The SMILES string of the molecule is COc1cnn(C)c1C(N)C1CCCC(C(F)(F)F)C1. The quantitative estimate of drug-likeness (QED) is 0.931. The highest BCUT2D eigenvalue weighted by Crippen LogP contribution is 2.44. The summed E-state index contributed by atoms with van der Waals surface area (Å²) in [5.41, 5.74) is 6.86. The first-order valence-electron chi connectivity index (χ1n) is 6.72. The number of nitrogens with zero attached hydrogens (tertiary/aromatic N) is 2. The van der Waals surface area contributed by atoms with E-state index in [1.807, 2.05) is 0 Å². The van der Waals surface area contributed by atoms with Gasteiger partial charge in [-0.05, 0) is 25.2 Å². The molecule has 1 fully saturated rings. The lowest BCUT2D eigenvalue weighted by Gasteiger charge is -2.33. The maximum atomic E-state index is 12.9. The fourth-order valence-electron chi connectivity index (χ4n) is 3.04. The number of ether oxygens (including phenoxy) is 1. The maximum Gasteiger partial charge on any atom is 0.391 e. The Balaban J connectivity index is 2.16. The van der Waals surface area contributed by atoms with E-state index in [-0.39, 0.29) is 18.8 Å². The summed E-state index contributed by atoms with van der Waals surface area (Å²) in [4.78, 5) is 0. The summed E-state index contributed by atoms with van der Waals surface area (Å²) in [6.07, 6.45) is -1.03. The summed E-state index contributed by atoms with van der Waals surface area (Å²) < 4.78 is 45.4. The highest BCUT2D eigenvalue weighted by atomic mass is 19.4. The molecule has 0 amide bonds. The number of hydrogen-bond donors (Lipinski definition) is 1. The third-order valence-electron chi connectivity index (χ3n) is 4.17. The van der Waals surface area contributed by atoms with E-state index in [4.69, 9.17) is 10.5 Å². The van der Waals surface area contributed by atoms with Gasteiger partial charge < -0.3 is 10.5 Å². The molecule has 0 bridgehead atoms. The lowest BCUT2D eigenvalue weighted by atomic mass is 9.77. The molecule has 114 valence electrons. The van der Waals surface area contributed by atoms with E-state index in [2.05, 4.69) is 5.10 Å². The van der Waals surface area contributed by atoms with Crippen molar-refractivity contribution in [2.45, 2.75) is 37.9 Å². The van der Waals surface area contributed by atoms with Gasteiger partial charge in [0.25, 0.3) is 0 Å². The minimum absolute atomic E-state index is 0.0823. The standard InChI is InChI=1S/C13H20F3N3O/c1-19-12(10(20-2)7-18-19)11(17)8-4-3-5-9(6-8)13(14,15)16/h7-9,11H,3-6,17H2,1-2H3. The van der Waals surface area contributed by atoms with Crippen LogP contribution in [0.4, 0.5) is 13.2 Å². The van der Waals surface area contributed by atoms with Gasteiger partial charge in [-0.25, -0.2) is 0 Å². The molecule has 2 rings (SSSR count). The molecule has 3 atom stereocenters. The summed E-state index contributed by atoms with van der Waals surface area (Å²) in [6.45, 7) is 0. The first-order chi connectivity index (χ1) is 9.34. The van der Waals surface area contributed by atoms with Gasteiger partial charge in [-0.3, -0.25) is 4.68 Å². The molecule has 20 heavy (non-hydrogen) atoms. The van der Waals surface area contributed by atoms with E-state index in [1.54, 1.807) is 17.9 Å². The van der Waals surface area contributed by atoms with Crippen molar-refractivity contribution in [3.63, 3.8) is 0 Å². The van der Waals surface area contributed by atoms with Crippen molar-refractivity contribution in [1.82, 2.24) is 9.78 Å². The molecule has 1 aliphatic carbocycles. The second kappa shape index (κ2) is 5.63. The van der Waals surface area contributed by atoms with Gasteiger partial charge in [-0.1, -0.05) is 6.42 Å². The second-order valence-electron chi connectivity index (χ2n) is 5.41. The van der Waals surface area contributed by atoms with Crippen LogP contribution >= 0.6 is 0 Å². The van der Waals surface area contributed by atoms with Crippen LogP contribution in [0.25, 0.3) is 0 Å². The third kappa shape index (κ3) is 2.92. The topological polar surface area (TPSA) is 53.1 Å². The minimum Gasteiger partial charge on any atom is -0.493 e. The molecular formula is C13H20F3N3O. The molecule has 1 aromatic rings. The Morgan fingerprint density at radius 1 is 1.45 bits per heavy atom. The van der Waals surface area contributed by atoms with Gasteiger partial charge in [-0.15, -0.1) is 0 Å². The number of alkyl halides is 3. The molecule has 0 aliphatic heterocycles. The molecule has 4 nitrogen and oxygen atoms in total. The summed E-state index contributed by atoms with van der Waals surface area (Å²) in [6, 6.07) is -0.484. The molecule has 1 aromatic heterocycles. The van der Waals surface area contributed by atoms with Gasteiger partial charge in [-0.2, -0.15) is 18.3 Å². The van der Waals surface area contributed by atoms with Crippen molar-refractivity contribution in [1.29, 1.82) is 0 Å². The monoisotopic (exact) mass is 291 g/mol. The highest BCUT2D eigenvalue weighted by Gasteiger charge is 2.43. The van der Waals surface area contributed by atoms with Crippen LogP contribution in [0.5, 0.6) is 5.75 Å². The molecule has 0 spiro atoms. The Hall–Kier alpha value is -1.24. The van der Waals surface area contributed by atoms with Gasteiger partial charge in [0.1, 0.15) is 0 Å². The smallest absolute Gasteiger partial charge is 0.391 e. The van der Waals surface area contributed by atoms with Crippen molar-refractivity contribution in [2.24, 2.45) is 24.6 Å². The Kier molecular flexibility index (Phi) is 4.27. The van der Waals surface area contributed by atoms with Gasteiger partial charge >= 0.3 is 6.18 Å². The van der Waals surface area contributed by atoms with Gasteiger partial charge in [0.05, 0.1) is 31.0 Å². The Bertz CT molecular complexity index is 458. The average Bonchev–Trinajstić information content (AvgIpc) is 2.78. The highest BCUT2D eigenvalue weighted by molar-refractivity contribution is 5.28. The maximum absolute atomic E-state index is 12.9. The van der Waals surface area contributed by atoms with E-state index >= 15 is 0 Å². The van der Waals surface area contributed by atoms with Gasteiger partial charge in [0.2, 0.25) is 0 Å². The fraction of sp³-hybridized carbons (Fsp3) is 0.769. The van der Waals surface area contributed by atoms with Crippen LogP contribution in [0.2, 0.25) is 0 Å². The van der Waals surface area contributed by atoms with Crippen LogP contribution in [-0.2, 0) is 7.05 Å². The normalized spacial score (nSPS) is 25.5. The van der Waals surface area contributed by atoms with Crippen molar-refractivity contribution in [3.05, 3.63) is 11.9 Å². The number of aromatic nitrogens is 2. The lowest BCUT2D eigenvalue weighted by Crippen LogP contribution is -2.34. The zero-order valence-electron chi connectivity index (χ0n) is 11.7. The van der Waals surface area contributed by atoms with Crippen molar-refractivity contribution >= 4 is 0 Å². The first kappa shape index (κ1) is 15.2. The third-order valence-corrected chi connectivity index (χ3v) is 4.17. The number of methoxy groups -OCH3 is 1. The molecule has 7 heteroatoms. The molecule has 0 radical (unpaired) electrons. The molecule has 1 aliphatic rings. The van der Waals surface area contributed by atoms with Crippen molar-refractivity contribution in [2.75, 3.05) is 7.11 Å². The molecule has 0 aromatic carbocycles. The van der Waals surface area contributed by atoms with Crippen LogP contribution in [0.1, 0.15) is 37.4 Å². The molecule has 2 N–H and O–H groups in total. The molecule has 1 saturated carbocycles. The summed E-state index contributed by atoms with van der Waals surface area (Å²) in [5.74, 6) is -0.902.